The molecule has 124 valence electrons. The molecule has 0 aliphatic carbocycles. The number of hydrogen-bond donors (Lipinski definition) is 1. The highest BCUT2D eigenvalue weighted by Gasteiger charge is 2.23. The monoisotopic (exact) mass is 322 g/mol. The summed E-state index contributed by atoms with van der Waals surface area (Å²) in [5.74, 6) is 0.125. The second-order valence-electron chi connectivity index (χ2n) is 5.93. The minimum Gasteiger partial charge on any atom is -0.352 e. The van der Waals surface area contributed by atoms with Crippen LogP contribution in [-0.4, -0.2) is 24.9 Å². The molecular weight excluding hydrogens is 300 g/mol. The van der Waals surface area contributed by atoms with Gasteiger partial charge in [0.1, 0.15) is 0 Å². The number of amides is 2. The lowest BCUT2D eigenvalue weighted by Crippen LogP contribution is -2.27. The number of anilines is 1. The van der Waals surface area contributed by atoms with Crippen LogP contribution in [0.3, 0.4) is 0 Å². The molecule has 0 saturated carbocycles. The van der Waals surface area contributed by atoms with E-state index in [-0.39, 0.29) is 11.8 Å². The van der Waals surface area contributed by atoms with E-state index in [4.69, 9.17) is 0 Å². The van der Waals surface area contributed by atoms with Gasteiger partial charge in [-0.3, -0.25) is 9.59 Å². The first-order valence-corrected chi connectivity index (χ1v) is 8.46. The molecular formula is C20H22N2O2. The molecule has 3 rings (SSSR count). The Labute approximate surface area is 142 Å². The Bertz CT molecular complexity index is 766. The molecule has 4 heteroatoms. The number of hydrogen-bond acceptors (Lipinski definition) is 2. The van der Waals surface area contributed by atoms with Crippen LogP contribution in [0.2, 0.25) is 0 Å². The summed E-state index contributed by atoms with van der Waals surface area (Å²) in [6.45, 7) is 5.19. The largest absolute Gasteiger partial charge is 0.352 e. The predicted molar refractivity (Wildman–Crippen MR) is 96.2 cm³/mol. The second-order valence-corrected chi connectivity index (χ2v) is 5.93. The zero-order chi connectivity index (χ0) is 17.1. The third kappa shape index (κ3) is 3.04. The van der Waals surface area contributed by atoms with Crippen LogP contribution < -0.4 is 10.2 Å². The number of nitrogens with zero attached hydrogens (tertiary/aromatic N) is 1. The zero-order valence-electron chi connectivity index (χ0n) is 14.1. The fraction of sp³-hybridized carbons (Fsp3) is 0.300. The van der Waals surface area contributed by atoms with Crippen LogP contribution in [0.4, 0.5) is 5.69 Å². The summed E-state index contributed by atoms with van der Waals surface area (Å²) in [4.78, 5) is 25.7. The van der Waals surface area contributed by atoms with Gasteiger partial charge in [0.25, 0.3) is 5.91 Å². The van der Waals surface area contributed by atoms with Crippen LogP contribution in [0.5, 0.6) is 0 Å². The molecule has 2 aromatic carbocycles. The number of carbonyl (C=O) groups is 2. The van der Waals surface area contributed by atoms with E-state index in [0.717, 1.165) is 29.8 Å². The molecule has 1 N–H and O–H groups in total. The van der Waals surface area contributed by atoms with Crippen molar-refractivity contribution in [1.82, 2.24) is 5.32 Å². The molecule has 2 amide bonds. The van der Waals surface area contributed by atoms with Gasteiger partial charge in [-0.15, -0.1) is 0 Å². The first-order chi connectivity index (χ1) is 11.6. The summed E-state index contributed by atoms with van der Waals surface area (Å²) in [7, 11) is 0. The Morgan fingerprint density at radius 2 is 1.75 bits per heavy atom. The first-order valence-electron chi connectivity index (χ1n) is 8.46. The Balaban J connectivity index is 1.84. The quantitative estimate of drug-likeness (QED) is 0.938. The average molecular weight is 322 g/mol. The van der Waals surface area contributed by atoms with Gasteiger partial charge < -0.3 is 10.2 Å². The van der Waals surface area contributed by atoms with Gasteiger partial charge in [-0.1, -0.05) is 25.1 Å². The van der Waals surface area contributed by atoms with Crippen molar-refractivity contribution >= 4 is 17.5 Å². The smallest absolute Gasteiger partial charge is 0.251 e. The van der Waals surface area contributed by atoms with E-state index in [9.17, 15) is 9.59 Å². The summed E-state index contributed by atoms with van der Waals surface area (Å²) in [6.07, 6.45) is 1.42. The zero-order valence-corrected chi connectivity index (χ0v) is 14.1. The van der Waals surface area contributed by atoms with Crippen LogP contribution in [0.1, 0.15) is 36.2 Å². The summed E-state index contributed by atoms with van der Waals surface area (Å²) in [5.41, 5.74) is 5.10. The van der Waals surface area contributed by atoms with Crippen molar-refractivity contribution in [2.45, 2.75) is 26.7 Å². The molecule has 0 saturated heterocycles. The van der Waals surface area contributed by atoms with Crippen LogP contribution in [0.15, 0.2) is 42.5 Å². The fourth-order valence-corrected chi connectivity index (χ4v) is 3.11. The average Bonchev–Trinajstić information content (AvgIpc) is 3.04. The molecule has 0 fully saturated rings. The minimum absolute atomic E-state index is 0.0493. The van der Waals surface area contributed by atoms with E-state index in [1.807, 2.05) is 55.1 Å². The molecule has 0 unspecified atom stereocenters. The van der Waals surface area contributed by atoms with Crippen LogP contribution in [-0.2, 0) is 11.2 Å². The van der Waals surface area contributed by atoms with Crippen molar-refractivity contribution in [3.8, 4) is 11.1 Å². The van der Waals surface area contributed by atoms with Crippen molar-refractivity contribution in [3.05, 3.63) is 53.6 Å². The summed E-state index contributed by atoms with van der Waals surface area (Å²) in [6, 6.07) is 13.9. The summed E-state index contributed by atoms with van der Waals surface area (Å²) >= 11 is 0. The standard InChI is InChI=1S/C20H22N2O2/c1-3-19(23)22-12-11-17-13-16(9-10-18(17)22)14-5-7-15(8-6-14)20(24)21-4-2/h5-10,13H,3-4,11-12H2,1-2H3,(H,21,24). The molecule has 0 atom stereocenters. The van der Waals surface area contributed by atoms with Gasteiger partial charge in [-0.25, -0.2) is 0 Å². The van der Waals surface area contributed by atoms with E-state index >= 15 is 0 Å². The Kier molecular flexibility index (Phi) is 4.65. The highest BCUT2D eigenvalue weighted by Crippen LogP contribution is 2.32. The minimum atomic E-state index is -0.0493. The molecule has 0 spiro atoms. The van der Waals surface area contributed by atoms with Gasteiger partial charge in [0.2, 0.25) is 5.91 Å². The molecule has 1 aliphatic heterocycles. The SMILES string of the molecule is CCNC(=O)c1ccc(-c2ccc3c(c2)CCN3C(=O)CC)cc1. The molecule has 0 aromatic heterocycles. The lowest BCUT2D eigenvalue weighted by Gasteiger charge is -2.16. The molecule has 0 radical (unpaired) electrons. The molecule has 1 heterocycles. The van der Waals surface area contributed by atoms with Crippen molar-refractivity contribution in [1.29, 1.82) is 0 Å². The highest BCUT2D eigenvalue weighted by molar-refractivity contribution is 5.96. The highest BCUT2D eigenvalue weighted by atomic mass is 16.2. The van der Waals surface area contributed by atoms with Crippen LogP contribution >= 0.6 is 0 Å². The Hall–Kier alpha value is -2.62. The second kappa shape index (κ2) is 6.87. The lowest BCUT2D eigenvalue weighted by molar-refractivity contribution is -0.118. The molecule has 4 nitrogen and oxygen atoms in total. The summed E-state index contributed by atoms with van der Waals surface area (Å²) in [5, 5.41) is 2.80. The predicted octanol–water partition coefficient (Wildman–Crippen LogP) is 3.40. The molecule has 1 aliphatic rings. The van der Waals surface area contributed by atoms with Crippen molar-refractivity contribution in [2.75, 3.05) is 18.0 Å². The van der Waals surface area contributed by atoms with Crippen LogP contribution in [0, 0.1) is 0 Å². The van der Waals surface area contributed by atoms with E-state index < -0.39 is 0 Å². The Morgan fingerprint density at radius 3 is 2.42 bits per heavy atom. The van der Waals surface area contributed by atoms with Crippen molar-refractivity contribution < 1.29 is 9.59 Å². The maximum Gasteiger partial charge on any atom is 0.251 e. The maximum atomic E-state index is 12.0. The van der Waals surface area contributed by atoms with Crippen LogP contribution in [0.25, 0.3) is 11.1 Å². The van der Waals surface area contributed by atoms with E-state index in [2.05, 4.69) is 11.4 Å². The van der Waals surface area contributed by atoms with E-state index in [1.165, 1.54) is 5.56 Å². The van der Waals surface area contributed by atoms with Gasteiger partial charge in [0.15, 0.2) is 0 Å². The van der Waals surface area contributed by atoms with Crippen molar-refractivity contribution in [2.24, 2.45) is 0 Å². The number of fused-ring (bicyclic) bond motifs is 1. The normalized spacial score (nSPS) is 12.8. The van der Waals surface area contributed by atoms with E-state index in [1.54, 1.807) is 0 Å². The van der Waals surface area contributed by atoms with Gasteiger partial charge in [-0.05, 0) is 54.3 Å². The molecule has 24 heavy (non-hydrogen) atoms. The van der Waals surface area contributed by atoms with Gasteiger partial charge >= 0.3 is 0 Å². The fourth-order valence-electron chi connectivity index (χ4n) is 3.11. The number of nitrogens with one attached hydrogen (secondary N) is 1. The summed E-state index contributed by atoms with van der Waals surface area (Å²) < 4.78 is 0. The van der Waals surface area contributed by atoms with Crippen molar-refractivity contribution in [3.63, 3.8) is 0 Å². The maximum absolute atomic E-state index is 12.0. The number of carbonyl (C=O) groups excluding carboxylic acids is 2. The first kappa shape index (κ1) is 16.2. The molecule has 2 aromatic rings. The van der Waals surface area contributed by atoms with Gasteiger partial charge in [0.05, 0.1) is 0 Å². The number of benzene rings is 2. The van der Waals surface area contributed by atoms with E-state index in [0.29, 0.717) is 18.5 Å². The topological polar surface area (TPSA) is 49.4 Å². The van der Waals surface area contributed by atoms with Gasteiger partial charge in [-0.2, -0.15) is 0 Å². The Morgan fingerprint density at radius 1 is 1.04 bits per heavy atom. The lowest BCUT2D eigenvalue weighted by atomic mass is 10.0. The molecule has 0 bridgehead atoms. The van der Waals surface area contributed by atoms with Gasteiger partial charge in [0, 0.05) is 30.8 Å². The number of rotatable bonds is 4. The third-order valence-electron chi connectivity index (χ3n) is 4.40. The third-order valence-corrected chi connectivity index (χ3v) is 4.40.